The van der Waals surface area contributed by atoms with Gasteiger partial charge < -0.3 is 20.2 Å². The molecule has 0 saturated heterocycles. The lowest BCUT2D eigenvalue weighted by Crippen LogP contribution is -2.09. The summed E-state index contributed by atoms with van der Waals surface area (Å²) < 4.78 is 0. The van der Waals surface area contributed by atoms with E-state index in [1.54, 1.807) is 11.0 Å². The topological polar surface area (TPSA) is 63.9 Å². The molecule has 1 aromatic rings. The molecule has 4 heteroatoms. The summed E-state index contributed by atoms with van der Waals surface area (Å²) in [5, 5.41) is 28.3. The first-order valence-electron chi connectivity index (χ1n) is 4.56. The molecule has 0 bridgehead atoms. The number of hydrogen-bond donors (Lipinski definition) is 3. The molecule has 0 aromatic heterocycles. The second kappa shape index (κ2) is 4.13. The Balaban J connectivity index is 3.36. The maximum Gasteiger partial charge on any atom is 0.167 e. The zero-order chi connectivity index (χ0) is 11.6. The standard InChI is InChI=1S/C11H15NO3/c1-4-9(12(2)3)8-5-7(13)6-10(14)11(8)15/h4-6,13-15H,1-3H3/b9-4+. The first-order valence-corrected chi connectivity index (χ1v) is 4.56. The molecule has 82 valence electrons. The van der Waals surface area contributed by atoms with Crippen molar-refractivity contribution in [1.82, 2.24) is 4.90 Å². The van der Waals surface area contributed by atoms with Crippen molar-refractivity contribution in [3.63, 3.8) is 0 Å². The molecule has 0 radical (unpaired) electrons. The summed E-state index contributed by atoms with van der Waals surface area (Å²) in [7, 11) is 3.63. The molecule has 0 saturated carbocycles. The van der Waals surface area contributed by atoms with Crippen molar-refractivity contribution in [1.29, 1.82) is 0 Å². The van der Waals surface area contributed by atoms with Crippen LogP contribution in [0.4, 0.5) is 0 Å². The van der Waals surface area contributed by atoms with E-state index in [0.29, 0.717) is 5.56 Å². The van der Waals surface area contributed by atoms with Crippen LogP contribution in [0.25, 0.3) is 5.70 Å². The highest BCUT2D eigenvalue weighted by molar-refractivity contribution is 5.72. The average Bonchev–Trinajstić information content (AvgIpc) is 2.13. The number of hydrogen-bond acceptors (Lipinski definition) is 4. The lowest BCUT2D eigenvalue weighted by molar-refractivity contribution is 0.393. The van der Waals surface area contributed by atoms with Gasteiger partial charge in [-0.3, -0.25) is 0 Å². The molecule has 0 aliphatic rings. The molecule has 0 atom stereocenters. The molecule has 0 spiro atoms. The summed E-state index contributed by atoms with van der Waals surface area (Å²) in [5.41, 5.74) is 1.12. The van der Waals surface area contributed by atoms with Gasteiger partial charge >= 0.3 is 0 Å². The monoisotopic (exact) mass is 209 g/mol. The van der Waals surface area contributed by atoms with Crippen LogP contribution in [0, 0.1) is 0 Å². The number of rotatable bonds is 2. The molecule has 1 rings (SSSR count). The third-order valence-corrected chi connectivity index (χ3v) is 2.11. The van der Waals surface area contributed by atoms with E-state index in [-0.39, 0.29) is 17.2 Å². The summed E-state index contributed by atoms with van der Waals surface area (Å²) in [6.45, 7) is 1.82. The van der Waals surface area contributed by atoms with Crippen molar-refractivity contribution in [3.8, 4) is 17.2 Å². The van der Waals surface area contributed by atoms with E-state index >= 15 is 0 Å². The molecular formula is C11H15NO3. The minimum atomic E-state index is -0.328. The Labute approximate surface area is 88.7 Å². The molecule has 0 aliphatic carbocycles. The molecule has 4 nitrogen and oxygen atoms in total. The molecule has 0 unspecified atom stereocenters. The van der Waals surface area contributed by atoms with Gasteiger partial charge in [0, 0.05) is 31.4 Å². The molecular weight excluding hydrogens is 194 g/mol. The van der Waals surface area contributed by atoms with Gasteiger partial charge in [-0.1, -0.05) is 6.08 Å². The molecule has 15 heavy (non-hydrogen) atoms. The van der Waals surface area contributed by atoms with Crippen molar-refractivity contribution in [3.05, 3.63) is 23.8 Å². The zero-order valence-electron chi connectivity index (χ0n) is 9.02. The van der Waals surface area contributed by atoms with Gasteiger partial charge in [0.05, 0.1) is 0 Å². The molecule has 3 N–H and O–H groups in total. The van der Waals surface area contributed by atoms with Gasteiger partial charge in [0.2, 0.25) is 0 Å². The maximum atomic E-state index is 9.64. The van der Waals surface area contributed by atoms with Crippen LogP contribution in [0.1, 0.15) is 12.5 Å². The quantitative estimate of drug-likeness (QED) is 0.512. The van der Waals surface area contributed by atoms with Crippen LogP contribution in [0.2, 0.25) is 0 Å². The second-order valence-corrected chi connectivity index (χ2v) is 3.43. The van der Waals surface area contributed by atoms with Crippen LogP contribution in [-0.2, 0) is 0 Å². The number of allylic oxidation sites excluding steroid dienone is 1. The fraction of sp³-hybridized carbons (Fsp3) is 0.273. The van der Waals surface area contributed by atoms with E-state index < -0.39 is 0 Å². The smallest absolute Gasteiger partial charge is 0.167 e. The van der Waals surface area contributed by atoms with E-state index in [9.17, 15) is 15.3 Å². The van der Waals surface area contributed by atoms with E-state index in [1.807, 2.05) is 21.0 Å². The fourth-order valence-electron chi connectivity index (χ4n) is 1.45. The van der Waals surface area contributed by atoms with Gasteiger partial charge in [-0.05, 0) is 13.0 Å². The van der Waals surface area contributed by atoms with Gasteiger partial charge in [-0.15, -0.1) is 0 Å². The normalized spacial score (nSPS) is 11.5. The van der Waals surface area contributed by atoms with Crippen molar-refractivity contribution in [2.45, 2.75) is 6.92 Å². The molecule has 0 aliphatic heterocycles. The highest BCUT2D eigenvalue weighted by Crippen LogP contribution is 2.37. The Morgan fingerprint density at radius 1 is 1.20 bits per heavy atom. The van der Waals surface area contributed by atoms with Crippen LogP contribution in [0.15, 0.2) is 18.2 Å². The Morgan fingerprint density at radius 2 is 1.80 bits per heavy atom. The minimum absolute atomic E-state index is 0.0819. The fourth-order valence-corrected chi connectivity index (χ4v) is 1.45. The lowest BCUT2D eigenvalue weighted by atomic mass is 10.1. The summed E-state index contributed by atoms with van der Waals surface area (Å²) in [6.07, 6.45) is 1.79. The minimum Gasteiger partial charge on any atom is -0.508 e. The first kappa shape index (κ1) is 11.2. The van der Waals surface area contributed by atoms with E-state index in [2.05, 4.69) is 0 Å². The predicted molar refractivity (Wildman–Crippen MR) is 58.8 cm³/mol. The SMILES string of the molecule is C/C=C(\c1cc(O)cc(O)c1O)N(C)C. The zero-order valence-corrected chi connectivity index (χ0v) is 9.02. The van der Waals surface area contributed by atoms with Crippen LogP contribution < -0.4 is 0 Å². The van der Waals surface area contributed by atoms with E-state index in [4.69, 9.17) is 0 Å². The number of phenolic OH excluding ortho intramolecular Hbond substituents is 3. The second-order valence-electron chi connectivity index (χ2n) is 3.43. The van der Waals surface area contributed by atoms with Crippen molar-refractivity contribution >= 4 is 5.70 Å². The van der Waals surface area contributed by atoms with Crippen LogP contribution in [0.3, 0.4) is 0 Å². The third-order valence-electron chi connectivity index (χ3n) is 2.11. The van der Waals surface area contributed by atoms with E-state index in [1.165, 1.54) is 6.07 Å². The van der Waals surface area contributed by atoms with E-state index in [0.717, 1.165) is 11.8 Å². The largest absolute Gasteiger partial charge is 0.508 e. The summed E-state index contributed by atoms with van der Waals surface area (Å²) >= 11 is 0. The van der Waals surface area contributed by atoms with Gasteiger partial charge in [-0.25, -0.2) is 0 Å². The van der Waals surface area contributed by atoms with Crippen LogP contribution >= 0.6 is 0 Å². The van der Waals surface area contributed by atoms with Gasteiger partial charge in [-0.2, -0.15) is 0 Å². The Bertz CT molecular complexity index is 397. The Morgan fingerprint density at radius 3 is 2.27 bits per heavy atom. The summed E-state index contributed by atoms with van der Waals surface area (Å²) in [4.78, 5) is 1.79. The average molecular weight is 209 g/mol. The van der Waals surface area contributed by atoms with Gasteiger partial charge in [0.15, 0.2) is 11.5 Å². The van der Waals surface area contributed by atoms with Crippen molar-refractivity contribution < 1.29 is 15.3 Å². The van der Waals surface area contributed by atoms with Crippen molar-refractivity contribution in [2.24, 2.45) is 0 Å². The Kier molecular flexibility index (Phi) is 3.09. The third kappa shape index (κ3) is 2.15. The maximum absolute atomic E-state index is 9.64. The predicted octanol–water partition coefficient (Wildman–Crippen LogP) is 1.73. The highest BCUT2D eigenvalue weighted by atomic mass is 16.3. The lowest BCUT2D eigenvalue weighted by Gasteiger charge is -2.18. The van der Waals surface area contributed by atoms with Crippen LogP contribution in [-0.4, -0.2) is 34.3 Å². The number of aromatic hydroxyl groups is 3. The summed E-state index contributed by atoms with van der Waals surface area (Å²) in [6, 6.07) is 2.51. The van der Waals surface area contributed by atoms with Crippen LogP contribution in [0.5, 0.6) is 17.2 Å². The molecule has 0 heterocycles. The van der Waals surface area contributed by atoms with Gasteiger partial charge in [0.25, 0.3) is 0 Å². The molecule has 0 fully saturated rings. The number of benzene rings is 1. The highest BCUT2D eigenvalue weighted by Gasteiger charge is 2.13. The molecule has 0 amide bonds. The summed E-state index contributed by atoms with van der Waals surface area (Å²) in [5.74, 6) is -0.637. The molecule has 1 aromatic carbocycles. The first-order chi connectivity index (χ1) is 6.97. The van der Waals surface area contributed by atoms with Crippen molar-refractivity contribution in [2.75, 3.05) is 14.1 Å². The van der Waals surface area contributed by atoms with Gasteiger partial charge in [0.1, 0.15) is 5.75 Å². The number of nitrogens with zero attached hydrogens (tertiary/aromatic N) is 1. The Hall–Kier alpha value is -1.84. The number of phenols is 3.